The van der Waals surface area contributed by atoms with E-state index >= 15 is 0 Å². The molecule has 1 aromatic heterocycles. The molecule has 0 aromatic carbocycles. The van der Waals surface area contributed by atoms with Gasteiger partial charge in [0.15, 0.2) is 0 Å². The molecule has 0 spiro atoms. The van der Waals surface area contributed by atoms with Gasteiger partial charge in [-0.15, -0.1) is 11.3 Å². The van der Waals surface area contributed by atoms with E-state index in [1.54, 1.807) is 11.3 Å². The smallest absolute Gasteiger partial charge is 0.281 e. The number of amides is 1. The Labute approximate surface area is 92.3 Å². The van der Waals surface area contributed by atoms with Crippen molar-refractivity contribution in [2.45, 2.75) is 19.9 Å². The third-order valence-corrected chi connectivity index (χ3v) is 4.09. The Balaban J connectivity index is 2.04. The average Bonchev–Trinajstić information content (AvgIpc) is 2.64. The van der Waals surface area contributed by atoms with Gasteiger partial charge in [-0.3, -0.25) is 4.79 Å². The first-order chi connectivity index (χ1) is 6.81. The Bertz CT molecular complexity index is 335. The minimum absolute atomic E-state index is 0.228. The summed E-state index contributed by atoms with van der Waals surface area (Å²) in [6.07, 6.45) is 1.02. The maximum Gasteiger partial charge on any atom is 0.281 e. The van der Waals surface area contributed by atoms with Gasteiger partial charge in [-0.25, -0.2) is 0 Å². The molecule has 1 amide bonds. The van der Waals surface area contributed by atoms with Gasteiger partial charge in [0.25, 0.3) is 5.24 Å². The Morgan fingerprint density at radius 1 is 1.71 bits per heavy atom. The monoisotopic (exact) mass is 227 g/mol. The highest BCUT2D eigenvalue weighted by Crippen LogP contribution is 2.25. The number of nitrogens with zero attached hydrogens (tertiary/aromatic N) is 1. The molecule has 2 heterocycles. The topological polar surface area (TPSA) is 20.3 Å². The summed E-state index contributed by atoms with van der Waals surface area (Å²) >= 11 is 3.17. The van der Waals surface area contributed by atoms with E-state index in [-0.39, 0.29) is 5.24 Å². The average molecular weight is 227 g/mol. The fourth-order valence-corrected chi connectivity index (χ4v) is 3.14. The second-order valence-electron chi connectivity index (χ2n) is 3.24. The second kappa shape index (κ2) is 4.36. The molecule has 1 aliphatic heterocycles. The van der Waals surface area contributed by atoms with Crippen LogP contribution in [0.4, 0.5) is 4.79 Å². The van der Waals surface area contributed by atoms with Crippen molar-refractivity contribution in [2.75, 3.05) is 12.3 Å². The van der Waals surface area contributed by atoms with Crippen molar-refractivity contribution < 1.29 is 4.79 Å². The molecule has 0 atom stereocenters. The van der Waals surface area contributed by atoms with Gasteiger partial charge in [0.1, 0.15) is 0 Å². The molecule has 0 fully saturated rings. The number of thiophene rings is 1. The molecular weight excluding hydrogens is 214 g/mol. The summed E-state index contributed by atoms with van der Waals surface area (Å²) in [6, 6.07) is 2.18. The maximum absolute atomic E-state index is 11.6. The molecule has 0 bridgehead atoms. The van der Waals surface area contributed by atoms with Crippen LogP contribution in [0.2, 0.25) is 0 Å². The molecular formula is C10H13NOS2. The standard InChI is InChI=1S/C10H13NOS2/c1-2-13-10(12)11-5-3-8-4-6-14-9(8)7-11/h4,6H,2-3,5,7H2,1H3. The molecule has 4 heteroatoms. The molecule has 2 nitrogen and oxygen atoms in total. The SMILES string of the molecule is CCSC(=O)N1CCc2ccsc2C1. The van der Waals surface area contributed by atoms with Crippen molar-refractivity contribution >= 4 is 28.3 Å². The lowest BCUT2D eigenvalue weighted by molar-refractivity contribution is 0.219. The summed E-state index contributed by atoms with van der Waals surface area (Å²) in [4.78, 5) is 14.9. The van der Waals surface area contributed by atoms with Crippen LogP contribution in [0.1, 0.15) is 17.4 Å². The molecule has 0 unspecified atom stereocenters. The number of fused-ring (bicyclic) bond motifs is 1. The van der Waals surface area contributed by atoms with Crippen LogP contribution >= 0.6 is 23.1 Å². The molecule has 2 rings (SSSR count). The van der Waals surface area contributed by atoms with E-state index in [0.29, 0.717) is 0 Å². The van der Waals surface area contributed by atoms with E-state index in [1.165, 1.54) is 22.2 Å². The van der Waals surface area contributed by atoms with Gasteiger partial charge < -0.3 is 4.90 Å². The fourth-order valence-electron chi connectivity index (χ4n) is 1.61. The molecule has 0 radical (unpaired) electrons. The molecule has 1 aliphatic rings. The van der Waals surface area contributed by atoms with Crippen LogP contribution in [0.3, 0.4) is 0 Å². The van der Waals surface area contributed by atoms with E-state index in [2.05, 4.69) is 11.4 Å². The number of rotatable bonds is 1. The van der Waals surface area contributed by atoms with Crippen LogP contribution in [0.5, 0.6) is 0 Å². The lowest BCUT2D eigenvalue weighted by atomic mass is 10.1. The van der Waals surface area contributed by atoms with Crippen LogP contribution in [0.25, 0.3) is 0 Å². The Morgan fingerprint density at radius 2 is 2.57 bits per heavy atom. The number of carbonyl (C=O) groups excluding carboxylic acids is 1. The summed E-state index contributed by atoms with van der Waals surface area (Å²) < 4.78 is 0. The van der Waals surface area contributed by atoms with Gasteiger partial charge in [0, 0.05) is 11.4 Å². The minimum Gasteiger partial charge on any atom is -0.328 e. The van der Waals surface area contributed by atoms with E-state index < -0.39 is 0 Å². The summed E-state index contributed by atoms with van der Waals surface area (Å²) in [5, 5.41) is 2.34. The van der Waals surface area contributed by atoms with Crippen LogP contribution in [0, 0.1) is 0 Å². The van der Waals surface area contributed by atoms with Crippen molar-refractivity contribution in [3.8, 4) is 0 Å². The molecule has 0 saturated heterocycles. The van der Waals surface area contributed by atoms with Crippen molar-refractivity contribution in [3.63, 3.8) is 0 Å². The highest BCUT2D eigenvalue weighted by Gasteiger charge is 2.20. The number of thioether (sulfide) groups is 1. The molecule has 1 aromatic rings. The highest BCUT2D eigenvalue weighted by atomic mass is 32.2. The van der Waals surface area contributed by atoms with E-state index in [1.807, 2.05) is 11.8 Å². The molecule has 0 N–H and O–H groups in total. The molecule has 0 aliphatic carbocycles. The lowest BCUT2D eigenvalue weighted by Crippen LogP contribution is -2.32. The van der Waals surface area contributed by atoms with Crippen molar-refractivity contribution in [3.05, 3.63) is 21.9 Å². The van der Waals surface area contributed by atoms with Gasteiger partial charge in [-0.1, -0.05) is 18.7 Å². The van der Waals surface area contributed by atoms with Gasteiger partial charge >= 0.3 is 0 Å². The maximum atomic E-state index is 11.6. The Kier molecular flexibility index (Phi) is 3.13. The highest BCUT2D eigenvalue weighted by molar-refractivity contribution is 8.13. The predicted molar refractivity (Wildman–Crippen MR) is 62.0 cm³/mol. The van der Waals surface area contributed by atoms with E-state index in [9.17, 15) is 4.79 Å². The minimum atomic E-state index is 0.228. The summed E-state index contributed by atoms with van der Waals surface area (Å²) in [5.74, 6) is 0.868. The molecule has 14 heavy (non-hydrogen) atoms. The van der Waals surface area contributed by atoms with Gasteiger partial charge in [0.05, 0.1) is 6.54 Å². The van der Waals surface area contributed by atoms with Crippen LogP contribution in [-0.2, 0) is 13.0 Å². The second-order valence-corrected chi connectivity index (χ2v) is 5.46. The first-order valence-electron chi connectivity index (χ1n) is 4.78. The van der Waals surface area contributed by atoms with Crippen LogP contribution in [0.15, 0.2) is 11.4 Å². The first kappa shape index (κ1) is 10.1. The van der Waals surface area contributed by atoms with Crippen molar-refractivity contribution in [1.29, 1.82) is 0 Å². The predicted octanol–water partition coefficient (Wildman–Crippen LogP) is 2.98. The normalized spacial score (nSPS) is 15.4. The summed E-state index contributed by atoms with van der Waals surface area (Å²) in [5.41, 5.74) is 1.43. The summed E-state index contributed by atoms with van der Waals surface area (Å²) in [6.45, 7) is 3.72. The van der Waals surface area contributed by atoms with E-state index in [0.717, 1.165) is 25.3 Å². The zero-order chi connectivity index (χ0) is 9.97. The Morgan fingerprint density at radius 3 is 3.36 bits per heavy atom. The third-order valence-electron chi connectivity index (χ3n) is 2.35. The van der Waals surface area contributed by atoms with Crippen LogP contribution < -0.4 is 0 Å². The quantitative estimate of drug-likeness (QED) is 0.735. The largest absolute Gasteiger partial charge is 0.328 e. The number of carbonyl (C=O) groups is 1. The number of hydrogen-bond donors (Lipinski definition) is 0. The van der Waals surface area contributed by atoms with Gasteiger partial charge in [-0.2, -0.15) is 0 Å². The lowest BCUT2D eigenvalue weighted by Gasteiger charge is -2.26. The third kappa shape index (κ3) is 1.96. The van der Waals surface area contributed by atoms with Gasteiger partial charge in [-0.05, 0) is 29.2 Å². The van der Waals surface area contributed by atoms with Crippen molar-refractivity contribution in [2.24, 2.45) is 0 Å². The fraction of sp³-hybridized carbons (Fsp3) is 0.500. The van der Waals surface area contributed by atoms with E-state index in [4.69, 9.17) is 0 Å². The molecule has 0 saturated carbocycles. The Hall–Kier alpha value is -0.480. The first-order valence-corrected chi connectivity index (χ1v) is 6.64. The van der Waals surface area contributed by atoms with Gasteiger partial charge in [0.2, 0.25) is 0 Å². The van der Waals surface area contributed by atoms with Crippen molar-refractivity contribution in [1.82, 2.24) is 4.90 Å². The zero-order valence-electron chi connectivity index (χ0n) is 8.16. The molecule has 76 valence electrons. The zero-order valence-corrected chi connectivity index (χ0v) is 9.79. The van der Waals surface area contributed by atoms with Crippen LogP contribution in [-0.4, -0.2) is 22.4 Å². The summed E-state index contributed by atoms with van der Waals surface area (Å²) in [7, 11) is 0. The number of hydrogen-bond acceptors (Lipinski definition) is 3.